The first-order valence-electron chi connectivity index (χ1n) is 7.39. The average molecular weight is 285 g/mol. The van der Waals surface area contributed by atoms with Crippen molar-refractivity contribution in [2.75, 3.05) is 0 Å². The first kappa shape index (κ1) is 14.1. The molecule has 1 saturated carbocycles. The maximum absolute atomic E-state index is 14.2. The maximum atomic E-state index is 14.2. The molecular weight excluding hydrogens is 265 g/mol. The Morgan fingerprint density at radius 3 is 2.67 bits per heavy atom. The molecule has 1 aliphatic carbocycles. The van der Waals surface area contributed by atoms with Crippen LogP contribution < -0.4 is 10.1 Å². The Morgan fingerprint density at radius 2 is 1.95 bits per heavy atom. The van der Waals surface area contributed by atoms with Gasteiger partial charge in [-0.05, 0) is 61.6 Å². The largest absolute Gasteiger partial charge is 0.454 e. The molecule has 0 amide bonds. The highest BCUT2D eigenvalue weighted by molar-refractivity contribution is 5.42. The fourth-order valence-electron chi connectivity index (χ4n) is 2.24. The molecule has 3 rings (SSSR count). The topological polar surface area (TPSA) is 21.3 Å². The van der Waals surface area contributed by atoms with E-state index in [1.165, 1.54) is 12.8 Å². The van der Waals surface area contributed by atoms with E-state index in [4.69, 9.17) is 4.74 Å². The van der Waals surface area contributed by atoms with Crippen LogP contribution in [0.5, 0.6) is 11.5 Å². The summed E-state index contributed by atoms with van der Waals surface area (Å²) in [5, 5.41) is 3.38. The third-order valence-electron chi connectivity index (χ3n) is 3.94. The van der Waals surface area contributed by atoms with Crippen molar-refractivity contribution in [2.24, 2.45) is 0 Å². The average Bonchev–Trinajstić information content (AvgIpc) is 3.28. The van der Waals surface area contributed by atoms with Gasteiger partial charge in [0.2, 0.25) is 0 Å². The van der Waals surface area contributed by atoms with Crippen LogP contribution in [0.4, 0.5) is 4.39 Å². The molecule has 0 heterocycles. The summed E-state index contributed by atoms with van der Waals surface area (Å²) < 4.78 is 19.9. The molecule has 110 valence electrons. The lowest BCUT2D eigenvalue weighted by atomic mass is 10.1. The van der Waals surface area contributed by atoms with Gasteiger partial charge in [0, 0.05) is 12.6 Å². The summed E-state index contributed by atoms with van der Waals surface area (Å²) in [5.74, 6) is 0.669. The van der Waals surface area contributed by atoms with Crippen molar-refractivity contribution in [1.29, 1.82) is 0 Å². The molecular formula is C18H20FNO. The van der Waals surface area contributed by atoms with Crippen molar-refractivity contribution in [3.05, 3.63) is 58.9 Å². The van der Waals surface area contributed by atoms with E-state index in [0.29, 0.717) is 18.3 Å². The van der Waals surface area contributed by atoms with Crippen molar-refractivity contribution in [1.82, 2.24) is 5.32 Å². The number of hydrogen-bond donors (Lipinski definition) is 1. The van der Waals surface area contributed by atoms with Gasteiger partial charge in [-0.25, -0.2) is 4.39 Å². The number of benzene rings is 2. The highest BCUT2D eigenvalue weighted by Crippen LogP contribution is 2.29. The molecule has 0 bridgehead atoms. The zero-order chi connectivity index (χ0) is 14.8. The van der Waals surface area contributed by atoms with Gasteiger partial charge in [0.1, 0.15) is 5.75 Å². The van der Waals surface area contributed by atoms with Crippen molar-refractivity contribution in [2.45, 2.75) is 39.3 Å². The summed E-state index contributed by atoms with van der Waals surface area (Å²) in [7, 11) is 0. The summed E-state index contributed by atoms with van der Waals surface area (Å²) in [4.78, 5) is 0. The Hall–Kier alpha value is -1.87. The van der Waals surface area contributed by atoms with Crippen molar-refractivity contribution in [3.63, 3.8) is 0 Å². The fourth-order valence-corrected chi connectivity index (χ4v) is 2.24. The molecule has 0 unspecified atom stereocenters. The molecule has 0 atom stereocenters. The second kappa shape index (κ2) is 5.86. The Kier molecular flexibility index (Phi) is 3.93. The molecule has 0 aromatic heterocycles. The number of halogens is 1. The van der Waals surface area contributed by atoms with Crippen LogP contribution in [0.15, 0.2) is 36.4 Å². The fraction of sp³-hybridized carbons (Fsp3) is 0.333. The normalized spacial score (nSPS) is 14.2. The first-order chi connectivity index (χ1) is 10.1. The van der Waals surface area contributed by atoms with Crippen molar-refractivity contribution < 1.29 is 9.13 Å². The molecule has 1 N–H and O–H groups in total. The third-order valence-corrected chi connectivity index (χ3v) is 3.94. The second-order valence-corrected chi connectivity index (χ2v) is 5.72. The molecule has 21 heavy (non-hydrogen) atoms. The quantitative estimate of drug-likeness (QED) is 0.874. The molecule has 2 nitrogen and oxygen atoms in total. The van der Waals surface area contributed by atoms with Crippen LogP contribution in [-0.4, -0.2) is 6.04 Å². The zero-order valence-corrected chi connectivity index (χ0v) is 12.4. The van der Waals surface area contributed by atoms with E-state index in [9.17, 15) is 4.39 Å². The van der Waals surface area contributed by atoms with Crippen LogP contribution in [-0.2, 0) is 6.54 Å². The van der Waals surface area contributed by atoms with Crippen LogP contribution in [0.25, 0.3) is 0 Å². The lowest BCUT2D eigenvalue weighted by Gasteiger charge is -2.12. The Morgan fingerprint density at radius 1 is 1.14 bits per heavy atom. The van der Waals surface area contributed by atoms with E-state index >= 15 is 0 Å². The lowest BCUT2D eigenvalue weighted by molar-refractivity contribution is 0.438. The van der Waals surface area contributed by atoms with Gasteiger partial charge in [-0.1, -0.05) is 18.2 Å². The van der Waals surface area contributed by atoms with Gasteiger partial charge in [0.05, 0.1) is 0 Å². The predicted molar refractivity (Wildman–Crippen MR) is 82.3 cm³/mol. The molecule has 1 aliphatic rings. The van der Waals surface area contributed by atoms with Crippen molar-refractivity contribution >= 4 is 0 Å². The summed E-state index contributed by atoms with van der Waals surface area (Å²) in [5.41, 5.74) is 3.13. The summed E-state index contributed by atoms with van der Waals surface area (Å²) in [6.07, 6.45) is 2.46. The number of ether oxygens (including phenoxy) is 1. The van der Waals surface area contributed by atoms with Gasteiger partial charge >= 0.3 is 0 Å². The Labute approximate surface area is 125 Å². The van der Waals surface area contributed by atoms with Crippen LogP contribution >= 0.6 is 0 Å². The molecule has 2 aromatic carbocycles. The Balaban J connectivity index is 1.74. The van der Waals surface area contributed by atoms with Crippen LogP contribution in [0, 0.1) is 19.7 Å². The van der Waals surface area contributed by atoms with Crippen molar-refractivity contribution in [3.8, 4) is 11.5 Å². The molecule has 1 fully saturated rings. The first-order valence-corrected chi connectivity index (χ1v) is 7.39. The molecule has 0 radical (unpaired) electrons. The van der Waals surface area contributed by atoms with Gasteiger partial charge in [0.15, 0.2) is 11.6 Å². The molecule has 2 aromatic rings. The summed E-state index contributed by atoms with van der Waals surface area (Å²) in [6.45, 7) is 4.72. The van der Waals surface area contributed by atoms with E-state index in [1.54, 1.807) is 12.1 Å². The minimum atomic E-state index is -0.314. The monoisotopic (exact) mass is 285 g/mol. The van der Waals surface area contributed by atoms with Crippen LogP contribution in [0.3, 0.4) is 0 Å². The van der Waals surface area contributed by atoms with Gasteiger partial charge < -0.3 is 10.1 Å². The molecule has 0 aliphatic heterocycles. The summed E-state index contributed by atoms with van der Waals surface area (Å²) in [6, 6.07) is 11.6. The molecule has 0 saturated heterocycles. The zero-order valence-electron chi connectivity index (χ0n) is 12.4. The Bertz CT molecular complexity index is 650. The van der Waals surface area contributed by atoms with Crippen LogP contribution in [0.1, 0.15) is 29.5 Å². The number of aryl methyl sites for hydroxylation is 1. The van der Waals surface area contributed by atoms with Gasteiger partial charge in [-0.2, -0.15) is 0 Å². The SMILES string of the molecule is Cc1cccc(Oc2ccc(CNC3CC3)cc2F)c1C. The summed E-state index contributed by atoms with van der Waals surface area (Å²) >= 11 is 0. The van der Waals surface area contributed by atoms with E-state index in [-0.39, 0.29) is 11.6 Å². The molecule has 0 spiro atoms. The standard InChI is InChI=1S/C18H20FNO/c1-12-4-3-5-17(13(12)2)21-18-9-6-14(10-16(18)19)11-20-15-7-8-15/h3-6,9-10,15,20H,7-8,11H2,1-2H3. The van der Waals surface area contributed by atoms with Gasteiger partial charge in [0.25, 0.3) is 0 Å². The minimum Gasteiger partial charge on any atom is -0.454 e. The van der Waals surface area contributed by atoms with Crippen LogP contribution in [0.2, 0.25) is 0 Å². The maximum Gasteiger partial charge on any atom is 0.166 e. The third kappa shape index (κ3) is 3.42. The predicted octanol–water partition coefficient (Wildman–Crippen LogP) is 4.49. The van der Waals surface area contributed by atoms with E-state index < -0.39 is 0 Å². The lowest BCUT2D eigenvalue weighted by Crippen LogP contribution is -2.15. The second-order valence-electron chi connectivity index (χ2n) is 5.72. The smallest absolute Gasteiger partial charge is 0.166 e. The van der Waals surface area contributed by atoms with E-state index in [2.05, 4.69) is 5.32 Å². The number of hydrogen-bond acceptors (Lipinski definition) is 2. The number of nitrogens with one attached hydrogen (secondary N) is 1. The molecule has 3 heteroatoms. The minimum absolute atomic E-state index is 0.277. The highest BCUT2D eigenvalue weighted by Gasteiger charge is 2.20. The van der Waals surface area contributed by atoms with E-state index in [0.717, 1.165) is 16.7 Å². The van der Waals surface area contributed by atoms with Gasteiger partial charge in [-0.3, -0.25) is 0 Å². The van der Waals surface area contributed by atoms with E-state index in [1.807, 2.05) is 38.1 Å². The van der Waals surface area contributed by atoms with Gasteiger partial charge in [-0.15, -0.1) is 0 Å². The number of rotatable bonds is 5. The highest BCUT2D eigenvalue weighted by atomic mass is 19.1.